The Morgan fingerprint density at radius 2 is 1.95 bits per heavy atom. The first-order valence-corrected chi connectivity index (χ1v) is 6.37. The quantitative estimate of drug-likeness (QED) is 0.682. The van der Waals surface area contributed by atoms with Crippen LogP contribution in [0.25, 0.3) is 0 Å². The number of hydrogen-bond donors (Lipinski definition) is 1. The number of carbonyl (C=O) groups is 1. The summed E-state index contributed by atoms with van der Waals surface area (Å²) in [5.41, 5.74) is 1.62. The van der Waals surface area contributed by atoms with Gasteiger partial charge in [0.05, 0.1) is 16.3 Å². The predicted octanol–water partition coefficient (Wildman–Crippen LogP) is 3.32. The van der Waals surface area contributed by atoms with E-state index in [9.17, 15) is 14.9 Å². The van der Waals surface area contributed by atoms with Crippen molar-refractivity contribution in [2.75, 3.05) is 5.32 Å². The Labute approximate surface area is 124 Å². The average molecular weight is 302 g/mol. The number of benzene rings is 2. The second-order valence-corrected chi connectivity index (χ2v) is 4.76. The van der Waals surface area contributed by atoms with E-state index in [1.54, 1.807) is 24.3 Å². The van der Waals surface area contributed by atoms with Crippen LogP contribution in [0, 0.1) is 10.1 Å². The Morgan fingerprint density at radius 1 is 1.19 bits per heavy atom. The molecule has 3 rings (SSSR count). The van der Waals surface area contributed by atoms with E-state index < -0.39 is 4.92 Å². The summed E-state index contributed by atoms with van der Waals surface area (Å²) in [5.74, 6) is -0.339. The molecule has 7 heteroatoms. The lowest BCUT2D eigenvalue weighted by molar-refractivity contribution is -0.384. The van der Waals surface area contributed by atoms with Gasteiger partial charge in [-0.1, -0.05) is 29.8 Å². The molecular weight excluding hydrogens is 294 g/mol. The van der Waals surface area contributed by atoms with Crippen molar-refractivity contribution in [3.05, 3.63) is 63.2 Å². The van der Waals surface area contributed by atoms with Crippen molar-refractivity contribution in [1.82, 2.24) is 0 Å². The highest BCUT2D eigenvalue weighted by atomic mass is 35.5. The highest BCUT2D eigenvalue weighted by Gasteiger charge is 2.25. The maximum atomic E-state index is 11.9. The summed E-state index contributed by atoms with van der Waals surface area (Å²) in [5, 5.41) is 13.6. The van der Waals surface area contributed by atoms with Crippen LogP contribution in [0.4, 0.5) is 17.1 Å². The molecule has 2 aromatic carbocycles. The van der Waals surface area contributed by atoms with Crippen molar-refractivity contribution in [2.24, 2.45) is 4.99 Å². The molecule has 1 amide bonds. The molecule has 2 aromatic rings. The Morgan fingerprint density at radius 3 is 2.71 bits per heavy atom. The van der Waals surface area contributed by atoms with Gasteiger partial charge < -0.3 is 5.32 Å². The zero-order valence-electron chi connectivity index (χ0n) is 10.5. The van der Waals surface area contributed by atoms with Crippen LogP contribution in [0.5, 0.6) is 0 Å². The number of nitro groups is 1. The van der Waals surface area contributed by atoms with Gasteiger partial charge in [0.2, 0.25) is 0 Å². The maximum Gasteiger partial charge on any atom is 0.290 e. The molecule has 0 spiro atoms. The van der Waals surface area contributed by atoms with Gasteiger partial charge in [0.25, 0.3) is 11.6 Å². The largest absolute Gasteiger partial charge is 0.320 e. The van der Waals surface area contributed by atoms with E-state index in [-0.39, 0.29) is 22.3 Å². The first-order valence-electron chi connectivity index (χ1n) is 5.99. The molecule has 0 aromatic heterocycles. The summed E-state index contributed by atoms with van der Waals surface area (Å²) >= 11 is 5.75. The smallest absolute Gasteiger partial charge is 0.290 e. The third kappa shape index (κ3) is 2.36. The second-order valence-electron chi connectivity index (χ2n) is 4.35. The zero-order valence-corrected chi connectivity index (χ0v) is 11.3. The summed E-state index contributed by atoms with van der Waals surface area (Å²) in [4.78, 5) is 26.4. The van der Waals surface area contributed by atoms with Gasteiger partial charge in [-0.2, -0.15) is 0 Å². The van der Waals surface area contributed by atoms with Crippen LogP contribution in [0.3, 0.4) is 0 Å². The molecule has 0 radical (unpaired) electrons. The summed E-state index contributed by atoms with van der Waals surface area (Å²) in [7, 11) is 0. The van der Waals surface area contributed by atoms with Gasteiger partial charge in [-0.3, -0.25) is 14.9 Å². The monoisotopic (exact) mass is 301 g/mol. The standard InChI is InChI=1S/C14H8ClN3O3/c15-10-6-5-8(7-12(10)18(20)21)16-13-9-3-1-2-4-11(9)17-14(13)19/h1-7H,(H,16,17,19). The van der Waals surface area contributed by atoms with E-state index in [1.807, 2.05) is 0 Å². The number of amides is 1. The molecule has 21 heavy (non-hydrogen) atoms. The number of nitrogens with one attached hydrogen (secondary N) is 1. The summed E-state index contributed by atoms with van der Waals surface area (Å²) < 4.78 is 0. The third-order valence-electron chi connectivity index (χ3n) is 3.01. The normalized spacial score (nSPS) is 14.9. The van der Waals surface area contributed by atoms with Crippen LogP contribution in [0.2, 0.25) is 5.02 Å². The topological polar surface area (TPSA) is 84.6 Å². The number of nitrogens with zero attached hydrogens (tertiary/aromatic N) is 2. The van der Waals surface area contributed by atoms with Gasteiger partial charge in [0, 0.05) is 11.6 Å². The molecule has 6 nitrogen and oxygen atoms in total. The molecule has 0 unspecified atom stereocenters. The first kappa shape index (κ1) is 13.3. The molecule has 1 aliphatic heterocycles. The molecule has 0 fully saturated rings. The van der Waals surface area contributed by atoms with E-state index in [4.69, 9.17) is 11.6 Å². The molecule has 1 heterocycles. The molecule has 0 saturated carbocycles. The number of carbonyl (C=O) groups excluding carboxylic acids is 1. The average Bonchev–Trinajstić information content (AvgIpc) is 2.77. The van der Waals surface area contributed by atoms with Crippen LogP contribution in [-0.2, 0) is 4.79 Å². The van der Waals surface area contributed by atoms with Crippen molar-refractivity contribution < 1.29 is 9.72 Å². The zero-order chi connectivity index (χ0) is 15.0. The molecule has 1 N–H and O–H groups in total. The van der Waals surface area contributed by atoms with Crippen LogP contribution < -0.4 is 5.32 Å². The van der Waals surface area contributed by atoms with E-state index in [0.29, 0.717) is 16.9 Å². The minimum Gasteiger partial charge on any atom is -0.320 e. The van der Waals surface area contributed by atoms with Crippen LogP contribution in [0.15, 0.2) is 47.5 Å². The summed E-state index contributed by atoms with van der Waals surface area (Å²) in [6.07, 6.45) is 0. The minimum atomic E-state index is -0.589. The number of rotatable bonds is 2. The minimum absolute atomic E-state index is 0.0280. The van der Waals surface area contributed by atoms with E-state index in [0.717, 1.165) is 0 Å². The Kier molecular flexibility index (Phi) is 3.15. The van der Waals surface area contributed by atoms with Gasteiger partial charge in [-0.15, -0.1) is 0 Å². The highest BCUT2D eigenvalue weighted by molar-refractivity contribution is 6.54. The molecule has 0 saturated heterocycles. The first-order chi connectivity index (χ1) is 10.1. The fraction of sp³-hybridized carbons (Fsp3) is 0. The van der Waals surface area contributed by atoms with Crippen molar-refractivity contribution in [3.8, 4) is 0 Å². The summed E-state index contributed by atoms with van der Waals surface area (Å²) in [6, 6.07) is 11.3. The van der Waals surface area contributed by atoms with Crippen molar-refractivity contribution in [1.29, 1.82) is 0 Å². The molecule has 0 aliphatic carbocycles. The van der Waals surface area contributed by atoms with Gasteiger partial charge in [0.15, 0.2) is 0 Å². The fourth-order valence-electron chi connectivity index (χ4n) is 2.05. The van der Waals surface area contributed by atoms with Crippen LogP contribution in [0.1, 0.15) is 5.56 Å². The number of halogens is 1. The van der Waals surface area contributed by atoms with E-state index in [1.165, 1.54) is 18.2 Å². The number of anilines is 1. The Bertz CT molecular complexity index is 802. The number of hydrogen-bond acceptors (Lipinski definition) is 4. The van der Waals surface area contributed by atoms with Gasteiger partial charge >= 0.3 is 0 Å². The van der Waals surface area contributed by atoms with Crippen molar-refractivity contribution >= 4 is 40.3 Å². The Balaban J connectivity index is 2.09. The fourth-order valence-corrected chi connectivity index (χ4v) is 2.24. The molecule has 1 aliphatic rings. The summed E-state index contributed by atoms with van der Waals surface area (Å²) in [6.45, 7) is 0. The number of para-hydroxylation sites is 1. The molecule has 0 atom stereocenters. The third-order valence-corrected chi connectivity index (χ3v) is 3.33. The van der Waals surface area contributed by atoms with E-state index in [2.05, 4.69) is 10.3 Å². The molecule has 104 valence electrons. The maximum absolute atomic E-state index is 11.9. The molecule has 0 bridgehead atoms. The molecular formula is C14H8ClN3O3. The Hall–Kier alpha value is -2.73. The number of fused-ring (bicyclic) bond motifs is 1. The van der Waals surface area contributed by atoms with Crippen LogP contribution in [-0.4, -0.2) is 16.5 Å². The lowest BCUT2D eigenvalue weighted by Gasteiger charge is -1.99. The number of nitro benzene ring substituents is 1. The van der Waals surface area contributed by atoms with Crippen molar-refractivity contribution in [3.63, 3.8) is 0 Å². The number of aliphatic imine (C=N–C) groups is 1. The van der Waals surface area contributed by atoms with Gasteiger partial charge in [0.1, 0.15) is 10.7 Å². The second kappa shape index (κ2) is 4.99. The lowest BCUT2D eigenvalue weighted by Crippen LogP contribution is -2.13. The predicted molar refractivity (Wildman–Crippen MR) is 79.4 cm³/mol. The van der Waals surface area contributed by atoms with Gasteiger partial charge in [-0.25, -0.2) is 4.99 Å². The van der Waals surface area contributed by atoms with E-state index >= 15 is 0 Å². The van der Waals surface area contributed by atoms with Crippen LogP contribution >= 0.6 is 11.6 Å². The highest BCUT2D eigenvalue weighted by Crippen LogP contribution is 2.30. The lowest BCUT2D eigenvalue weighted by atomic mass is 10.1. The van der Waals surface area contributed by atoms with Gasteiger partial charge in [-0.05, 0) is 18.2 Å². The SMILES string of the molecule is O=C1Nc2ccccc2C1=Nc1ccc(Cl)c([N+](=O)[O-])c1. The van der Waals surface area contributed by atoms with Crippen molar-refractivity contribution in [2.45, 2.75) is 0 Å².